The van der Waals surface area contributed by atoms with Crippen LogP contribution < -0.4 is 5.73 Å². The van der Waals surface area contributed by atoms with E-state index in [1.807, 2.05) is 6.92 Å². The molecule has 1 fully saturated rings. The third kappa shape index (κ3) is 2.65. The molecule has 0 spiro atoms. The van der Waals surface area contributed by atoms with Gasteiger partial charge in [0.05, 0.1) is 24.1 Å². The van der Waals surface area contributed by atoms with Crippen molar-refractivity contribution in [1.82, 2.24) is 4.90 Å². The molecule has 0 bridgehead atoms. The molecule has 1 unspecified atom stereocenters. The topological polar surface area (TPSA) is 55.6 Å². The molecule has 0 aromatic rings. The minimum Gasteiger partial charge on any atom is -0.393 e. The van der Waals surface area contributed by atoms with Crippen LogP contribution in [0.15, 0.2) is 0 Å². The summed E-state index contributed by atoms with van der Waals surface area (Å²) in [5, 5.41) is 0. The largest absolute Gasteiger partial charge is 0.393 e. The monoisotopic (exact) mass is 216 g/mol. The standard InChI is InChI=1S/C9H16N2O2S/c1-2-7(8(10)14)9(12)11-3-5-13-6-4-11/h7H,2-6H2,1H3,(H2,10,14). The van der Waals surface area contributed by atoms with Gasteiger partial charge in [-0.25, -0.2) is 0 Å². The second kappa shape index (κ2) is 5.26. The van der Waals surface area contributed by atoms with Gasteiger partial charge in [-0.2, -0.15) is 0 Å². The first kappa shape index (κ1) is 11.4. The van der Waals surface area contributed by atoms with Crippen molar-refractivity contribution in [3.8, 4) is 0 Å². The molecule has 0 aromatic carbocycles. The Morgan fingerprint density at radius 2 is 2.14 bits per heavy atom. The second-order valence-electron chi connectivity index (χ2n) is 3.30. The summed E-state index contributed by atoms with van der Waals surface area (Å²) >= 11 is 4.86. The number of hydrogen-bond donors (Lipinski definition) is 1. The lowest BCUT2D eigenvalue weighted by Gasteiger charge is -2.29. The summed E-state index contributed by atoms with van der Waals surface area (Å²) in [5.41, 5.74) is 5.51. The van der Waals surface area contributed by atoms with Gasteiger partial charge in [-0.05, 0) is 6.42 Å². The smallest absolute Gasteiger partial charge is 0.232 e. The minimum absolute atomic E-state index is 0.0447. The molecule has 1 rings (SSSR count). The average molecular weight is 216 g/mol. The van der Waals surface area contributed by atoms with E-state index in [0.717, 1.165) is 0 Å². The van der Waals surface area contributed by atoms with E-state index in [2.05, 4.69) is 0 Å². The first-order valence-electron chi connectivity index (χ1n) is 4.82. The predicted octanol–water partition coefficient (Wildman–Crippen LogP) is 0.158. The van der Waals surface area contributed by atoms with Gasteiger partial charge in [0.1, 0.15) is 0 Å². The molecule has 1 aliphatic rings. The third-order valence-electron chi connectivity index (χ3n) is 2.37. The van der Waals surface area contributed by atoms with E-state index in [1.165, 1.54) is 0 Å². The molecule has 1 atom stereocenters. The van der Waals surface area contributed by atoms with Gasteiger partial charge in [0.2, 0.25) is 5.91 Å². The van der Waals surface area contributed by atoms with Crippen LogP contribution in [0.2, 0.25) is 0 Å². The Morgan fingerprint density at radius 3 is 2.57 bits per heavy atom. The zero-order chi connectivity index (χ0) is 10.6. The van der Waals surface area contributed by atoms with Crippen molar-refractivity contribution in [3.63, 3.8) is 0 Å². The molecule has 1 aliphatic heterocycles. The molecule has 5 heteroatoms. The molecule has 0 aromatic heterocycles. The highest BCUT2D eigenvalue weighted by Gasteiger charge is 2.26. The maximum absolute atomic E-state index is 11.9. The zero-order valence-corrected chi connectivity index (χ0v) is 9.18. The number of morpholine rings is 1. The van der Waals surface area contributed by atoms with Crippen molar-refractivity contribution in [3.05, 3.63) is 0 Å². The van der Waals surface area contributed by atoms with Gasteiger partial charge >= 0.3 is 0 Å². The number of thiocarbonyl (C=S) groups is 1. The Labute approximate surface area is 89.4 Å². The molecule has 1 saturated heterocycles. The highest BCUT2D eigenvalue weighted by Crippen LogP contribution is 2.10. The number of nitrogens with two attached hydrogens (primary N) is 1. The van der Waals surface area contributed by atoms with Gasteiger partial charge < -0.3 is 15.4 Å². The highest BCUT2D eigenvalue weighted by atomic mass is 32.1. The second-order valence-corrected chi connectivity index (χ2v) is 3.77. The van der Waals surface area contributed by atoms with Crippen LogP contribution in [0.5, 0.6) is 0 Å². The van der Waals surface area contributed by atoms with Crippen LogP contribution in [0.25, 0.3) is 0 Å². The Bertz CT molecular complexity index is 227. The fraction of sp³-hybridized carbons (Fsp3) is 0.778. The molecule has 80 valence electrons. The van der Waals surface area contributed by atoms with Crippen molar-refractivity contribution in [2.45, 2.75) is 13.3 Å². The maximum Gasteiger partial charge on any atom is 0.232 e. The van der Waals surface area contributed by atoms with E-state index >= 15 is 0 Å². The van der Waals surface area contributed by atoms with E-state index in [4.69, 9.17) is 22.7 Å². The minimum atomic E-state index is -0.303. The van der Waals surface area contributed by atoms with Crippen molar-refractivity contribution in [1.29, 1.82) is 0 Å². The van der Waals surface area contributed by atoms with Crippen molar-refractivity contribution in [2.75, 3.05) is 26.3 Å². The third-order valence-corrected chi connectivity index (χ3v) is 2.66. The Hall–Kier alpha value is -0.680. The molecule has 1 amide bonds. The summed E-state index contributed by atoms with van der Waals surface area (Å²) < 4.78 is 5.17. The summed E-state index contributed by atoms with van der Waals surface area (Å²) in [4.78, 5) is 13.9. The SMILES string of the molecule is CCC(C(=O)N1CCOCC1)C(N)=S. The van der Waals surface area contributed by atoms with Crippen molar-refractivity contribution in [2.24, 2.45) is 11.7 Å². The molecule has 14 heavy (non-hydrogen) atoms. The highest BCUT2D eigenvalue weighted by molar-refractivity contribution is 7.80. The van der Waals surface area contributed by atoms with Crippen LogP contribution in [-0.2, 0) is 9.53 Å². The molecule has 2 N–H and O–H groups in total. The Kier molecular flexibility index (Phi) is 4.28. The number of ether oxygens (including phenoxy) is 1. The van der Waals surface area contributed by atoms with Crippen LogP contribution >= 0.6 is 12.2 Å². The van der Waals surface area contributed by atoms with E-state index in [0.29, 0.717) is 37.7 Å². The van der Waals surface area contributed by atoms with Crippen LogP contribution in [0.4, 0.5) is 0 Å². The summed E-state index contributed by atoms with van der Waals surface area (Å²) in [6.07, 6.45) is 0.672. The van der Waals surface area contributed by atoms with Crippen LogP contribution in [0, 0.1) is 5.92 Å². The van der Waals surface area contributed by atoms with E-state index < -0.39 is 0 Å². The molecule has 0 saturated carbocycles. The quantitative estimate of drug-likeness (QED) is 0.683. The zero-order valence-electron chi connectivity index (χ0n) is 8.36. The number of rotatable bonds is 3. The molecular formula is C9H16N2O2S. The van der Waals surface area contributed by atoms with Crippen molar-refractivity contribution < 1.29 is 9.53 Å². The van der Waals surface area contributed by atoms with E-state index in [9.17, 15) is 4.79 Å². The number of carbonyl (C=O) groups excluding carboxylic acids is 1. The number of hydrogen-bond acceptors (Lipinski definition) is 3. The lowest BCUT2D eigenvalue weighted by atomic mass is 10.1. The first-order chi connectivity index (χ1) is 6.66. The molecule has 1 heterocycles. The van der Waals surface area contributed by atoms with Gasteiger partial charge in [-0.3, -0.25) is 4.79 Å². The Balaban J connectivity index is 2.56. The summed E-state index contributed by atoms with van der Waals surface area (Å²) in [6.45, 7) is 4.44. The predicted molar refractivity (Wildman–Crippen MR) is 58.0 cm³/mol. The van der Waals surface area contributed by atoms with Gasteiger partial charge in [-0.15, -0.1) is 0 Å². The lowest BCUT2D eigenvalue weighted by molar-refractivity contribution is -0.137. The van der Waals surface area contributed by atoms with Gasteiger partial charge in [0.15, 0.2) is 0 Å². The van der Waals surface area contributed by atoms with Crippen molar-refractivity contribution >= 4 is 23.1 Å². The summed E-state index contributed by atoms with van der Waals surface area (Å²) in [7, 11) is 0. The van der Waals surface area contributed by atoms with Crippen LogP contribution in [0.3, 0.4) is 0 Å². The summed E-state index contributed by atoms with van der Waals surface area (Å²) in [5.74, 6) is -0.258. The number of nitrogens with zero attached hydrogens (tertiary/aromatic N) is 1. The number of amides is 1. The van der Waals surface area contributed by atoms with Crippen LogP contribution in [-0.4, -0.2) is 42.1 Å². The maximum atomic E-state index is 11.9. The van der Waals surface area contributed by atoms with E-state index in [-0.39, 0.29) is 11.8 Å². The average Bonchev–Trinajstić information content (AvgIpc) is 2.19. The van der Waals surface area contributed by atoms with Gasteiger partial charge in [-0.1, -0.05) is 19.1 Å². The molecule has 4 nitrogen and oxygen atoms in total. The Morgan fingerprint density at radius 1 is 1.57 bits per heavy atom. The fourth-order valence-electron chi connectivity index (χ4n) is 1.50. The van der Waals surface area contributed by atoms with Gasteiger partial charge in [0.25, 0.3) is 0 Å². The normalized spacial score (nSPS) is 19.1. The van der Waals surface area contributed by atoms with E-state index in [1.54, 1.807) is 4.90 Å². The summed E-state index contributed by atoms with van der Waals surface area (Å²) in [6, 6.07) is 0. The molecule has 0 aliphatic carbocycles. The number of carbonyl (C=O) groups is 1. The molecule has 0 radical (unpaired) electrons. The van der Waals surface area contributed by atoms with Gasteiger partial charge in [0, 0.05) is 13.1 Å². The van der Waals surface area contributed by atoms with Crippen LogP contribution in [0.1, 0.15) is 13.3 Å². The fourth-order valence-corrected chi connectivity index (χ4v) is 1.77. The lowest BCUT2D eigenvalue weighted by Crippen LogP contribution is -2.46. The first-order valence-corrected chi connectivity index (χ1v) is 5.23. The molecular weight excluding hydrogens is 200 g/mol.